The molecule has 0 atom stereocenters. The van der Waals surface area contributed by atoms with Gasteiger partial charge in [-0.15, -0.1) is 0 Å². The van der Waals surface area contributed by atoms with Crippen molar-refractivity contribution in [1.29, 1.82) is 0 Å². The molecule has 9 heteroatoms. The third-order valence-electron chi connectivity index (χ3n) is 7.06. The maximum absolute atomic E-state index is 13.6. The van der Waals surface area contributed by atoms with E-state index in [2.05, 4.69) is 28.5 Å². The van der Waals surface area contributed by atoms with Crippen molar-refractivity contribution in [3.05, 3.63) is 68.1 Å². The first-order chi connectivity index (χ1) is 16.5. The van der Waals surface area contributed by atoms with Gasteiger partial charge in [-0.3, -0.25) is 23.2 Å². The highest BCUT2D eigenvalue weighted by atomic mass is 16.5. The molecule has 9 nitrogen and oxygen atoms in total. The van der Waals surface area contributed by atoms with E-state index in [9.17, 15) is 9.59 Å². The minimum absolute atomic E-state index is 0.271. The van der Waals surface area contributed by atoms with Crippen LogP contribution in [0, 0.1) is 13.8 Å². The van der Waals surface area contributed by atoms with Gasteiger partial charge in [-0.05, 0) is 32.3 Å². The fraction of sp³-hybridized carbons (Fsp3) is 0.480. The van der Waals surface area contributed by atoms with Crippen molar-refractivity contribution in [2.45, 2.75) is 39.8 Å². The summed E-state index contributed by atoms with van der Waals surface area (Å²) in [5.41, 5.74) is 3.58. The molecule has 4 aromatic rings. The summed E-state index contributed by atoms with van der Waals surface area (Å²) in [7, 11) is 1.70. The molecule has 34 heavy (non-hydrogen) atoms. The maximum atomic E-state index is 13.6. The number of aryl methyl sites for hydroxylation is 3. The highest BCUT2D eigenvalue weighted by molar-refractivity contribution is 5.76. The molecule has 1 aliphatic heterocycles. The summed E-state index contributed by atoms with van der Waals surface area (Å²) >= 11 is 0. The van der Waals surface area contributed by atoms with Crippen LogP contribution in [0.2, 0.25) is 0 Å². The number of benzene rings is 1. The van der Waals surface area contributed by atoms with Crippen molar-refractivity contribution in [3.8, 4) is 0 Å². The van der Waals surface area contributed by atoms with Crippen LogP contribution in [-0.4, -0.2) is 60.8 Å². The summed E-state index contributed by atoms with van der Waals surface area (Å²) in [4.78, 5) is 33.8. The molecule has 0 spiro atoms. The highest BCUT2D eigenvalue weighted by Crippen LogP contribution is 2.21. The van der Waals surface area contributed by atoms with E-state index in [1.165, 1.54) is 14.7 Å². The van der Waals surface area contributed by atoms with Crippen LogP contribution < -0.4 is 11.2 Å². The molecule has 0 bridgehead atoms. The maximum Gasteiger partial charge on any atom is 0.332 e. The van der Waals surface area contributed by atoms with Gasteiger partial charge >= 0.3 is 5.69 Å². The molecule has 1 aliphatic rings. The Labute approximate surface area is 197 Å². The van der Waals surface area contributed by atoms with Crippen molar-refractivity contribution < 1.29 is 4.74 Å². The summed E-state index contributed by atoms with van der Waals surface area (Å²) in [5, 5.41) is 0. The topological polar surface area (TPSA) is 78.7 Å². The molecule has 0 aliphatic carbocycles. The third kappa shape index (κ3) is 3.88. The lowest BCUT2D eigenvalue weighted by Gasteiger charge is -2.26. The van der Waals surface area contributed by atoms with Gasteiger partial charge in [0, 0.05) is 51.2 Å². The van der Waals surface area contributed by atoms with Gasteiger partial charge in [0.1, 0.15) is 0 Å². The smallest absolute Gasteiger partial charge is 0.332 e. The molecule has 0 N–H and O–H groups in total. The molecule has 0 radical (unpaired) electrons. The van der Waals surface area contributed by atoms with Crippen molar-refractivity contribution in [3.63, 3.8) is 0 Å². The lowest BCUT2D eigenvalue weighted by Crippen LogP contribution is -2.39. The largest absolute Gasteiger partial charge is 0.379 e. The van der Waals surface area contributed by atoms with Crippen LogP contribution in [0.5, 0.6) is 0 Å². The predicted molar refractivity (Wildman–Crippen MR) is 132 cm³/mol. The quantitative estimate of drug-likeness (QED) is 0.416. The standard InChI is InChI=1S/C25H32N6O3/c1-18-19(2)31-21-22(26-24(31)29(18)13-12-28-14-16-34-17-15-28)27(3)25(33)30(23(21)32)11-7-10-20-8-5-4-6-9-20/h4-6,8-9H,7,10-17H2,1-3H3. The van der Waals surface area contributed by atoms with Gasteiger partial charge in [0.2, 0.25) is 5.78 Å². The number of hydrogen-bond acceptors (Lipinski definition) is 5. The Bertz CT molecular complexity index is 1440. The van der Waals surface area contributed by atoms with Crippen LogP contribution in [0.25, 0.3) is 16.9 Å². The van der Waals surface area contributed by atoms with Gasteiger partial charge in [0.25, 0.3) is 5.56 Å². The molecule has 1 aromatic carbocycles. The molecule has 4 heterocycles. The summed E-state index contributed by atoms with van der Waals surface area (Å²) in [6, 6.07) is 10.1. The van der Waals surface area contributed by atoms with E-state index in [0.29, 0.717) is 29.9 Å². The number of morpholine rings is 1. The molecular formula is C25H32N6O3. The molecule has 180 valence electrons. The van der Waals surface area contributed by atoms with E-state index in [4.69, 9.17) is 9.72 Å². The number of rotatable bonds is 7. The van der Waals surface area contributed by atoms with Gasteiger partial charge in [-0.1, -0.05) is 30.3 Å². The summed E-state index contributed by atoms with van der Waals surface area (Å²) in [5.74, 6) is 0.715. The molecule has 0 unspecified atom stereocenters. The second-order valence-electron chi connectivity index (χ2n) is 9.08. The van der Waals surface area contributed by atoms with Crippen molar-refractivity contribution >= 4 is 16.9 Å². The fourth-order valence-electron chi connectivity index (χ4n) is 4.93. The first-order valence-corrected chi connectivity index (χ1v) is 12.0. The number of imidazole rings is 2. The lowest BCUT2D eigenvalue weighted by atomic mass is 10.1. The van der Waals surface area contributed by atoms with Crippen molar-refractivity contribution in [1.82, 2.24) is 28.0 Å². The molecule has 3 aromatic heterocycles. The lowest BCUT2D eigenvalue weighted by molar-refractivity contribution is 0.0364. The average molecular weight is 465 g/mol. The van der Waals surface area contributed by atoms with E-state index < -0.39 is 0 Å². The van der Waals surface area contributed by atoms with Crippen LogP contribution in [0.3, 0.4) is 0 Å². The highest BCUT2D eigenvalue weighted by Gasteiger charge is 2.23. The van der Waals surface area contributed by atoms with E-state index in [1.54, 1.807) is 7.05 Å². The van der Waals surface area contributed by atoms with E-state index in [0.717, 1.165) is 57.2 Å². The Morgan fingerprint density at radius 3 is 2.41 bits per heavy atom. The first-order valence-electron chi connectivity index (χ1n) is 12.0. The molecule has 1 fully saturated rings. The summed E-state index contributed by atoms with van der Waals surface area (Å²) in [6.07, 6.45) is 1.53. The Kier molecular flexibility index (Phi) is 6.14. The van der Waals surface area contributed by atoms with Gasteiger partial charge < -0.3 is 9.30 Å². The monoisotopic (exact) mass is 464 g/mol. The summed E-state index contributed by atoms with van der Waals surface area (Å²) in [6.45, 7) is 9.48. The van der Waals surface area contributed by atoms with Gasteiger partial charge in [0.15, 0.2) is 11.2 Å². The molecular weight excluding hydrogens is 432 g/mol. The molecule has 1 saturated heterocycles. The van der Waals surface area contributed by atoms with Crippen LogP contribution >= 0.6 is 0 Å². The number of fused-ring (bicyclic) bond motifs is 3. The predicted octanol–water partition coefficient (Wildman–Crippen LogP) is 1.73. The van der Waals surface area contributed by atoms with Crippen molar-refractivity contribution in [2.24, 2.45) is 7.05 Å². The Hall–Kier alpha value is -3.17. The fourth-order valence-corrected chi connectivity index (χ4v) is 4.93. The number of aromatic nitrogens is 5. The van der Waals surface area contributed by atoms with Crippen molar-refractivity contribution in [2.75, 3.05) is 32.8 Å². The molecule has 5 rings (SSSR count). The number of hydrogen-bond donors (Lipinski definition) is 0. The Balaban J connectivity index is 1.52. The third-order valence-corrected chi connectivity index (χ3v) is 7.06. The second kappa shape index (κ2) is 9.23. The normalized spacial score (nSPS) is 15.0. The van der Waals surface area contributed by atoms with Crippen LogP contribution in [0.4, 0.5) is 0 Å². The van der Waals surface area contributed by atoms with Gasteiger partial charge in [0.05, 0.1) is 13.2 Å². The zero-order valence-electron chi connectivity index (χ0n) is 20.2. The van der Waals surface area contributed by atoms with Crippen LogP contribution in [0.15, 0.2) is 39.9 Å². The van der Waals surface area contributed by atoms with E-state index in [-0.39, 0.29) is 11.2 Å². The van der Waals surface area contributed by atoms with E-state index in [1.807, 2.05) is 29.5 Å². The summed E-state index contributed by atoms with van der Waals surface area (Å²) < 4.78 is 12.4. The number of ether oxygens (including phenoxy) is 1. The SMILES string of the molecule is Cc1c(C)n2c3c(=O)n(CCCc4ccccc4)c(=O)n(C)c3nc2n1CCN1CCOCC1. The van der Waals surface area contributed by atoms with E-state index >= 15 is 0 Å². The minimum atomic E-state index is -0.319. The van der Waals surface area contributed by atoms with Gasteiger partial charge in [-0.25, -0.2) is 4.79 Å². The zero-order valence-corrected chi connectivity index (χ0v) is 20.2. The van der Waals surface area contributed by atoms with Crippen LogP contribution in [-0.2, 0) is 31.3 Å². The second-order valence-corrected chi connectivity index (χ2v) is 9.08. The van der Waals surface area contributed by atoms with Crippen LogP contribution in [0.1, 0.15) is 23.4 Å². The van der Waals surface area contributed by atoms with Gasteiger partial charge in [-0.2, -0.15) is 4.98 Å². The molecule has 0 amide bonds. The minimum Gasteiger partial charge on any atom is -0.379 e. The molecule has 0 saturated carbocycles. The Morgan fingerprint density at radius 2 is 1.68 bits per heavy atom. The Morgan fingerprint density at radius 1 is 0.941 bits per heavy atom. The zero-order chi connectivity index (χ0) is 23.8. The number of nitrogens with zero attached hydrogens (tertiary/aromatic N) is 6. The average Bonchev–Trinajstić information content (AvgIpc) is 3.35. The first kappa shape index (κ1) is 22.6.